The maximum atomic E-state index is 12.9. The molecule has 100 valence electrons. The maximum Gasteiger partial charge on any atom is 0.419 e. The Kier molecular flexibility index (Phi) is 3.47. The molecule has 2 heterocycles. The molecule has 0 saturated carbocycles. The third-order valence-electron chi connectivity index (χ3n) is 3.41. The lowest BCUT2D eigenvalue weighted by atomic mass is 9.94. The van der Waals surface area contributed by atoms with Gasteiger partial charge in [-0.1, -0.05) is 6.92 Å². The van der Waals surface area contributed by atoms with Crippen LogP contribution in [-0.4, -0.2) is 24.1 Å². The highest BCUT2D eigenvalue weighted by molar-refractivity contribution is 5.49. The number of hydrogen-bond acceptors (Lipinski definition) is 3. The lowest BCUT2D eigenvalue weighted by molar-refractivity contribution is -0.137. The van der Waals surface area contributed by atoms with Gasteiger partial charge in [0.05, 0.1) is 5.56 Å². The summed E-state index contributed by atoms with van der Waals surface area (Å²) in [6, 6.07) is 2.26. The number of pyridine rings is 1. The van der Waals surface area contributed by atoms with E-state index in [0.717, 1.165) is 12.5 Å². The molecule has 0 amide bonds. The molecule has 1 aliphatic rings. The third-order valence-corrected chi connectivity index (χ3v) is 3.41. The quantitative estimate of drug-likeness (QED) is 0.841. The summed E-state index contributed by atoms with van der Waals surface area (Å²) in [6.45, 7) is 3.00. The summed E-state index contributed by atoms with van der Waals surface area (Å²) >= 11 is 0. The molecule has 2 unspecified atom stereocenters. The Labute approximate surface area is 104 Å². The van der Waals surface area contributed by atoms with Crippen LogP contribution in [0.1, 0.15) is 18.9 Å². The average Bonchev–Trinajstić information content (AvgIpc) is 2.32. The van der Waals surface area contributed by atoms with Crippen molar-refractivity contribution in [3.8, 4) is 0 Å². The summed E-state index contributed by atoms with van der Waals surface area (Å²) in [5, 5.41) is 0. The molecular weight excluding hydrogens is 243 g/mol. The van der Waals surface area contributed by atoms with Gasteiger partial charge < -0.3 is 10.6 Å². The summed E-state index contributed by atoms with van der Waals surface area (Å²) in [6.07, 6.45) is -2.21. The monoisotopic (exact) mass is 259 g/mol. The standard InChI is InChI=1S/C12H16F3N3/c1-8-4-6-18(7-10(8)16)11-9(12(13,14)15)3-2-5-17-11/h2-3,5,8,10H,4,6-7,16H2,1H3. The Morgan fingerprint density at radius 2 is 2.17 bits per heavy atom. The van der Waals surface area contributed by atoms with Crippen molar-refractivity contribution in [3.05, 3.63) is 23.9 Å². The number of alkyl halides is 3. The van der Waals surface area contributed by atoms with Gasteiger partial charge in [-0.25, -0.2) is 4.98 Å². The predicted octanol–water partition coefficient (Wildman–Crippen LogP) is 2.27. The molecule has 18 heavy (non-hydrogen) atoms. The number of rotatable bonds is 1. The molecule has 0 bridgehead atoms. The van der Waals surface area contributed by atoms with Crippen molar-refractivity contribution < 1.29 is 13.2 Å². The van der Waals surface area contributed by atoms with Crippen LogP contribution in [0.5, 0.6) is 0 Å². The zero-order valence-corrected chi connectivity index (χ0v) is 10.1. The molecule has 1 aromatic rings. The fourth-order valence-electron chi connectivity index (χ4n) is 2.16. The summed E-state index contributed by atoms with van der Waals surface area (Å²) < 4.78 is 38.6. The van der Waals surface area contributed by atoms with Gasteiger partial charge in [-0.3, -0.25) is 0 Å². The lowest BCUT2D eigenvalue weighted by Crippen LogP contribution is -2.48. The smallest absolute Gasteiger partial charge is 0.355 e. The number of halogens is 3. The van der Waals surface area contributed by atoms with Crippen molar-refractivity contribution in [1.82, 2.24) is 4.98 Å². The van der Waals surface area contributed by atoms with Gasteiger partial charge in [0, 0.05) is 25.3 Å². The first-order chi connectivity index (χ1) is 8.39. The molecule has 0 aromatic carbocycles. The molecule has 6 heteroatoms. The van der Waals surface area contributed by atoms with Crippen LogP contribution in [0.4, 0.5) is 19.0 Å². The van der Waals surface area contributed by atoms with E-state index >= 15 is 0 Å². The molecule has 0 radical (unpaired) electrons. The Morgan fingerprint density at radius 1 is 1.44 bits per heavy atom. The van der Waals surface area contributed by atoms with Gasteiger partial charge in [0.25, 0.3) is 0 Å². The molecule has 1 fully saturated rings. The van der Waals surface area contributed by atoms with E-state index < -0.39 is 11.7 Å². The normalized spacial score (nSPS) is 25.3. The van der Waals surface area contributed by atoms with E-state index in [2.05, 4.69) is 4.98 Å². The Bertz CT molecular complexity index is 419. The van der Waals surface area contributed by atoms with Crippen LogP contribution in [0, 0.1) is 5.92 Å². The number of aromatic nitrogens is 1. The predicted molar refractivity (Wildman–Crippen MR) is 63.2 cm³/mol. The number of hydrogen-bond donors (Lipinski definition) is 1. The Balaban J connectivity index is 2.29. The molecule has 2 rings (SSSR count). The van der Waals surface area contributed by atoms with Gasteiger partial charge in [0.1, 0.15) is 5.82 Å². The highest BCUT2D eigenvalue weighted by atomic mass is 19.4. The van der Waals surface area contributed by atoms with Crippen LogP contribution in [0.25, 0.3) is 0 Å². The van der Waals surface area contributed by atoms with E-state index in [0.29, 0.717) is 19.0 Å². The van der Waals surface area contributed by atoms with Gasteiger partial charge in [-0.05, 0) is 24.5 Å². The second-order valence-corrected chi connectivity index (χ2v) is 4.75. The number of anilines is 1. The van der Waals surface area contributed by atoms with E-state index in [9.17, 15) is 13.2 Å². The topological polar surface area (TPSA) is 42.2 Å². The van der Waals surface area contributed by atoms with E-state index in [-0.39, 0.29) is 11.9 Å². The Hall–Kier alpha value is -1.30. The van der Waals surface area contributed by atoms with E-state index in [1.54, 1.807) is 4.90 Å². The van der Waals surface area contributed by atoms with Crippen molar-refractivity contribution in [3.63, 3.8) is 0 Å². The molecular formula is C12H16F3N3. The van der Waals surface area contributed by atoms with E-state index in [4.69, 9.17) is 5.73 Å². The zero-order chi connectivity index (χ0) is 13.3. The third kappa shape index (κ3) is 2.58. The summed E-state index contributed by atoms with van der Waals surface area (Å²) in [7, 11) is 0. The summed E-state index contributed by atoms with van der Waals surface area (Å²) in [5.41, 5.74) is 5.23. The van der Waals surface area contributed by atoms with Crippen molar-refractivity contribution in [1.29, 1.82) is 0 Å². The van der Waals surface area contributed by atoms with Gasteiger partial charge in [-0.15, -0.1) is 0 Å². The summed E-state index contributed by atoms with van der Waals surface area (Å²) in [4.78, 5) is 5.51. The molecule has 3 nitrogen and oxygen atoms in total. The second-order valence-electron chi connectivity index (χ2n) is 4.75. The first-order valence-corrected chi connectivity index (χ1v) is 5.92. The van der Waals surface area contributed by atoms with Crippen molar-refractivity contribution in [2.75, 3.05) is 18.0 Å². The molecule has 0 spiro atoms. The van der Waals surface area contributed by atoms with Crippen molar-refractivity contribution in [2.24, 2.45) is 11.7 Å². The van der Waals surface area contributed by atoms with Crippen molar-refractivity contribution >= 4 is 5.82 Å². The highest BCUT2D eigenvalue weighted by Crippen LogP contribution is 2.36. The van der Waals surface area contributed by atoms with Crippen LogP contribution in [-0.2, 0) is 6.18 Å². The SMILES string of the molecule is CC1CCN(c2ncccc2C(F)(F)F)CC1N. The van der Waals surface area contributed by atoms with E-state index in [1.807, 2.05) is 6.92 Å². The van der Waals surface area contributed by atoms with Crippen LogP contribution >= 0.6 is 0 Å². The summed E-state index contributed by atoms with van der Waals surface area (Å²) in [5.74, 6) is 0.326. The van der Waals surface area contributed by atoms with Gasteiger partial charge in [0.2, 0.25) is 0 Å². The fourth-order valence-corrected chi connectivity index (χ4v) is 2.16. The second kappa shape index (κ2) is 4.76. The van der Waals surface area contributed by atoms with Crippen LogP contribution in [0.15, 0.2) is 18.3 Å². The first-order valence-electron chi connectivity index (χ1n) is 5.92. The first kappa shape index (κ1) is 13.1. The van der Waals surface area contributed by atoms with Crippen LogP contribution in [0.2, 0.25) is 0 Å². The van der Waals surface area contributed by atoms with Gasteiger partial charge >= 0.3 is 6.18 Å². The number of piperidine rings is 1. The largest absolute Gasteiger partial charge is 0.419 e. The van der Waals surface area contributed by atoms with E-state index in [1.165, 1.54) is 12.3 Å². The molecule has 0 aliphatic carbocycles. The molecule has 1 aromatic heterocycles. The van der Waals surface area contributed by atoms with Gasteiger partial charge in [0.15, 0.2) is 0 Å². The molecule has 2 atom stereocenters. The lowest BCUT2D eigenvalue weighted by Gasteiger charge is -2.36. The van der Waals surface area contributed by atoms with Crippen molar-refractivity contribution in [2.45, 2.75) is 25.6 Å². The Morgan fingerprint density at radius 3 is 2.78 bits per heavy atom. The maximum absolute atomic E-state index is 12.9. The number of nitrogens with zero attached hydrogens (tertiary/aromatic N) is 2. The minimum absolute atomic E-state index is 0.00708. The minimum Gasteiger partial charge on any atom is -0.355 e. The van der Waals surface area contributed by atoms with Crippen LogP contribution < -0.4 is 10.6 Å². The molecule has 1 saturated heterocycles. The average molecular weight is 259 g/mol. The van der Waals surface area contributed by atoms with Crippen LogP contribution in [0.3, 0.4) is 0 Å². The minimum atomic E-state index is -4.38. The van der Waals surface area contributed by atoms with Gasteiger partial charge in [-0.2, -0.15) is 13.2 Å². The zero-order valence-electron chi connectivity index (χ0n) is 10.1. The number of nitrogens with two attached hydrogens (primary N) is 1. The molecule has 2 N–H and O–H groups in total. The molecule has 1 aliphatic heterocycles. The fraction of sp³-hybridized carbons (Fsp3) is 0.583. The highest BCUT2D eigenvalue weighted by Gasteiger charge is 2.36.